The summed E-state index contributed by atoms with van der Waals surface area (Å²) in [5, 5.41) is 4.67. The third-order valence-electron chi connectivity index (χ3n) is 4.59. The molecule has 4 aromatic carbocycles. The minimum Gasteiger partial charge on any atom is -0.289 e. The molecule has 0 saturated heterocycles. The fourth-order valence-electron chi connectivity index (χ4n) is 3.63. The molecule has 0 unspecified atom stereocenters. The lowest BCUT2D eigenvalue weighted by molar-refractivity contribution is 0.104. The maximum Gasteiger partial charge on any atom is 0.194 e. The molecule has 0 amide bonds. The number of hydrogen-bond donors (Lipinski definition) is 0. The molecule has 0 spiro atoms. The van der Waals surface area contributed by atoms with Crippen LogP contribution in [0, 0.1) is 0 Å². The monoisotopic (exact) mass is 280 g/mol. The zero-order valence-electron chi connectivity index (χ0n) is 11.8. The molecule has 1 nitrogen and oxygen atoms in total. The highest BCUT2D eigenvalue weighted by atomic mass is 16.1. The van der Waals surface area contributed by atoms with Crippen molar-refractivity contribution in [2.24, 2.45) is 0 Å². The molecule has 1 heteroatoms. The van der Waals surface area contributed by atoms with Crippen LogP contribution in [-0.4, -0.2) is 5.78 Å². The molecule has 22 heavy (non-hydrogen) atoms. The normalized spacial score (nSPS) is 12.6. The minimum absolute atomic E-state index is 0.129. The van der Waals surface area contributed by atoms with Crippen LogP contribution >= 0.6 is 0 Å². The first-order valence-electron chi connectivity index (χ1n) is 7.43. The van der Waals surface area contributed by atoms with Gasteiger partial charge in [0, 0.05) is 16.5 Å². The highest BCUT2D eigenvalue weighted by Gasteiger charge is 2.25. The van der Waals surface area contributed by atoms with E-state index in [9.17, 15) is 4.79 Å². The van der Waals surface area contributed by atoms with Crippen LogP contribution in [-0.2, 0) is 0 Å². The number of carbonyl (C=O) groups is 1. The summed E-state index contributed by atoms with van der Waals surface area (Å²) in [6, 6.07) is 24.5. The molecule has 0 bridgehead atoms. The minimum atomic E-state index is 0.129. The van der Waals surface area contributed by atoms with Crippen LogP contribution in [0.3, 0.4) is 0 Å². The second-order valence-corrected chi connectivity index (χ2v) is 5.75. The molecule has 1 aliphatic rings. The van der Waals surface area contributed by atoms with Crippen molar-refractivity contribution in [3.8, 4) is 11.1 Å². The van der Waals surface area contributed by atoms with E-state index in [2.05, 4.69) is 36.4 Å². The van der Waals surface area contributed by atoms with Crippen molar-refractivity contribution >= 4 is 27.3 Å². The van der Waals surface area contributed by atoms with Gasteiger partial charge in [-0.05, 0) is 33.4 Å². The second kappa shape index (κ2) is 4.05. The SMILES string of the molecule is O=C1c2ccccc2-c2cc3ccccc3c3cccc1c23. The van der Waals surface area contributed by atoms with Crippen molar-refractivity contribution in [3.05, 3.63) is 83.9 Å². The maximum atomic E-state index is 12.8. The van der Waals surface area contributed by atoms with Crippen molar-refractivity contribution in [2.45, 2.75) is 0 Å². The number of hydrogen-bond acceptors (Lipinski definition) is 1. The smallest absolute Gasteiger partial charge is 0.194 e. The van der Waals surface area contributed by atoms with Crippen LogP contribution in [0.4, 0.5) is 0 Å². The highest BCUT2D eigenvalue weighted by molar-refractivity contribution is 6.29. The van der Waals surface area contributed by atoms with E-state index < -0.39 is 0 Å². The summed E-state index contributed by atoms with van der Waals surface area (Å²) in [6.07, 6.45) is 0. The van der Waals surface area contributed by atoms with Gasteiger partial charge in [-0.2, -0.15) is 0 Å². The summed E-state index contributed by atoms with van der Waals surface area (Å²) in [5.74, 6) is 0.129. The van der Waals surface area contributed by atoms with Gasteiger partial charge in [-0.25, -0.2) is 0 Å². The Labute approximate surface area is 127 Å². The molecular weight excluding hydrogens is 268 g/mol. The third-order valence-corrected chi connectivity index (χ3v) is 4.59. The van der Waals surface area contributed by atoms with Crippen molar-refractivity contribution in [1.82, 2.24) is 0 Å². The zero-order valence-corrected chi connectivity index (χ0v) is 11.8. The number of fused-ring (bicyclic) bond motifs is 4. The van der Waals surface area contributed by atoms with Gasteiger partial charge in [-0.15, -0.1) is 0 Å². The van der Waals surface area contributed by atoms with Gasteiger partial charge >= 0.3 is 0 Å². The second-order valence-electron chi connectivity index (χ2n) is 5.75. The van der Waals surface area contributed by atoms with E-state index in [1.807, 2.05) is 36.4 Å². The summed E-state index contributed by atoms with van der Waals surface area (Å²) in [7, 11) is 0. The Morgan fingerprint density at radius 2 is 1.23 bits per heavy atom. The fraction of sp³-hybridized carbons (Fsp3) is 0. The molecule has 4 aromatic rings. The lowest BCUT2D eigenvalue weighted by Crippen LogP contribution is -2.09. The predicted molar refractivity (Wildman–Crippen MR) is 90.3 cm³/mol. The van der Waals surface area contributed by atoms with Gasteiger partial charge in [-0.3, -0.25) is 4.79 Å². The molecule has 0 fully saturated rings. The van der Waals surface area contributed by atoms with Crippen LogP contribution in [0.1, 0.15) is 15.9 Å². The van der Waals surface area contributed by atoms with Crippen molar-refractivity contribution < 1.29 is 4.79 Å². The number of benzene rings is 4. The van der Waals surface area contributed by atoms with E-state index in [0.29, 0.717) is 0 Å². The quantitative estimate of drug-likeness (QED) is 0.356. The summed E-state index contributed by atoms with van der Waals surface area (Å²) >= 11 is 0. The Balaban J connectivity index is 2.11. The largest absolute Gasteiger partial charge is 0.289 e. The van der Waals surface area contributed by atoms with Crippen molar-refractivity contribution in [3.63, 3.8) is 0 Å². The van der Waals surface area contributed by atoms with E-state index in [0.717, 1.165) is 27.5 Å². The van der Waals surface area contributed by atoms with Crippen molar-refractivity contribution in [1.29, 1.82) is 0 Å². The zero-order chi connectivity index (χ0) is 14.7. The molecule has 1 aliphatic carbocycles. The molecule has 5 rings (SSSR count). The molecule has 0 radical (unpaired) electrons. The first-order valence-corrected chi connectivity index (χ1v) is 7.43. The topological polar surface area (TPSA) is 17.1 Å². The molecule has 0 saturated carbocycles. The van der Waals surface area contributed by atoms with Gasteiger partial charge < -0.3 is 0 Å². The summed E-state index contributed by atoms with van der Waals surface area (Å²) in [4.78, 5) is 12.8. The Morgan fingerprint density at radius 1 is 0.545 bits per heavy atom. The fourth-order valence-corrected chi connectivity index (χ4v) is 3.63. The van der Waals surface area contributed by atoms with E-state index in [1.54, 1.807) is 0 Å². The van der Waals surface area contributed by atoms with Crippen LogP contribution in [0.25, 0.3) is 32.7 Å². The van der Waals surface area contributed by atoms with Gasteiger partial charge in [0.2, 0.25) is 0 Å². The summed E-state index contributed by atoms with van der Waals surface area (Å²) in [5.41, 5.74) is 3.83. The Morgan fingerprint density at radius 3 is 2.14 bits per heavy atom. The Hall–Kier alpha value is -2.93. The van der Waals surface area contributed by atoms with Crippen LogP contribution in [0.5, 0.6) is 0 Å². The molecule has 0 aromatic heterocycles. The standard InChI is InChI=1S/C21H12O/c22-21-17-9-4-3-8-15(17)19-12-13-6-1-2-7-14(13)16-10-5-11-18(21)20(16)19/h1-12H. The first kappa shape index (κ1) is 11.7. The maximum absolute atomic E-state index is 12.8. The molecular formula is C21H12O. The van der Waals surface area contributed by atoms with E-state index in [-0.39, 0.29) is 5.78 Å². The van der Waals surface area contributed by atoms with Crippen molar-refractivity contribution in [2.75, 3.05) is 0 Å². The molecule has 0 heterocycles. The average Bonchev–Trinajstić information content (AvgIpc) is 2.59. The summed E-state index contributed by atoms with van der Waals surface area (Å²) < 4.78 is 0. The molecule has 0 atom stereocenters. The first-order chi connectivity index (χ1) is 10.8. The number of ketones is 1. The van der Waals surface area contributed by atoms with Gasteiger partial charge in [0.15, 0.2) is 5.78 Å². The highest BCUT2D eigenvalue weighted by Crippen LogP contribution is 2.42. The van der Waals surface area contributed by atoms with Gasteiger partial charge in [0.25, 0.3) is 0 Å². The lowest BCUT2D eigenvalue weighted by atomic mass is 9.81. The average molecular weight is 280 g/mol. The van der Waals surface area contributed by atoms with Gasteiger partial charge in [0.05, 0.1) is 0 Å². The summed E-state index contributed by atoms with van der Waals surface area (Å²) in [6.45, 7) is 0. The van der Waals surface area contributed by atoms with Crippen LogP contribution in [0.15, 0.2) is 72.8 Å². The van der Waals surface area contributed by atoms with Crippen LogP contribution in [0.2, 0.25) is 0 Å². The molecule has 0 N–H and O–H groups in total. The number of rotatable bonds is 0. The third kappa shape index (κ3) is 1.35. The number of carbonyl (C=O) groups excluding carboxylic acids is 1. The van der Waals surface area contributed by atoms with Gasteiger partial charge in [-0.1, -0.05) is 66.7 Å². The molecule has 102 valence electrons. The molecule has 0 aliphatic heterocycles. The van der Waals surface area contributed by atoms with E-state index in [4.69, 9.17) is 0 Å². The van der Waals surface area contributed by atoms with E-state index >= 15 is 0 Å². The van der Waals surface area contributed by atoms with E-state index in [1.165, 1.54) is 16.3 Å². The predicted octanol–water partition coefficient (Wildman–Crippen LogP) is 5.20. The Kier molecular flexibility index (Phi) is 2.15. The Bertz CT molecular complexity index is 1090. The lowest BCUT2D eigenvalue weighted by Gasteiger charge is -2.21. The van der Waals surface area contributed by atoms with Gasteiger partial charge in [0.1, 0.15) is 0 Å². The van der Waals surface area contributed by atoms with Crippen LogP contribution < -0.4 is 0 Å².